The third-order valence-electron chi connectivity index (χ3n) is 5.04. The Morgan fingerprint density at radius 2 is 1.57 bits per heavy atom. The van der Waals surface area contributed by atoms with Gasteiger partial charge in [-0.25, -0.2) is 0 Å². The second kappa shape index (κ2) is 7.88. The van der Waals surface area contributed by atoms with Crippen molar-refractivity contribution < 1.29 is 17.6 Å². The molecule has 0 unspecified atom stereocenters. The Labute approximate surface area is 180 Å². The number of rotatable bonds is 7. The summed E-state index contributed by atoms with van der Waals surface area (Å²) in [6, 6.07) is 0. The summed E-state index contributed by atoms with van der Waals surface area (Å²) >= 11 is 12.1. The van der Waals surface area contributed by atoms with E-state index in [2.05, 4.69) is 20.4 Å². The number of nitrogens with zero attached hydrogens (tertiary/aromatic N) is 6. The standard InChI is InChI=1S/C18H19Cl2F3N6O/c1-9-14(19)10(2)28(26-9)7-5-12-24-25-13(30-12)6-8-29-16(11-3-4-11)15(20)17(27-29)18(21,22)23/h11H,3-8H2,1-2H3. The Morgan fingerprint density at radius 1 is 0.967 bits per heavy atom. The van der Waals surface area contributed by atoms with Crippen molar-refractivity contribution in [2.45, 2.75) is 64.7 Å². The molecule has 0 atom stereocenters. The van der Waals surface area contributed by atoms with Crippen LogP contribution in [0.15, 0.2) is 4.42 Å². The van der Waals surface area contributed by atoms with Gasteiger partial charge in [-0.1, -0.05) is 23.2 Å². The van der Waals surface area contributed by atoms with Gasteiger partial charge in [0.25, 0.3) is 0 Å². The molecule has 3 aromatic rings. The fourth-order valence-electron chi connectivity index (χ4n) is 3.34. The lowest BCUT2D eigenvalue weighted by atomic mass is 10.2. The highest BCUT2D eigenvalue weighted by Gasteiger charge is 2.42. The van der Waals surface area contributed by atoms with Crippen LogP contribution in [0, 0.1) is 13.8 Å². The zero-order valence-corrected chi connectivity index (χ0v) is 17.8. The predicted octanol–water partition coefficient (Wildman–Crippen LogP) is 4.77. The predicted molar refractivity (Wildman–Crippen MR) is 103 cm³/mol. The quantitative estimate of drug-likeness (QED) is 0.505. The Balaban J connectivity index is 1.42. The molecule has 30 heavy (non-hydrogen) atoms. The summed E-state index contributed by atoms with van der Waals surface area (Å²) in [5.74, 6) is 0.774. The van der Waals surface area contributed by atoms with E-state index in [0.29, 0.717) is 35.5 Å². The van der Waals surface area contributed by atoms with E-state index < -0.39 is 11.9 Å². The molecule has 3 aromatic heterocycles. The maximum absolute atomic E-state index is 13.2. The molecule has 0 amide bonds. The molecule has 0 aliphatic heterocycles. The summed E-state index contributed by atoms with van der Waals surface area (Å²) < 4.78 is 48.2. The van der Waals surface area contributed by atoms with E-state index in [9.17, 15) is 13.2 Å². The number of hydrogen-bond donors (Lipinski definition) is 0. The third kappa shape index (κ3) is 4.20. The average molecular weight is 463 g/mol. The van der Waals surface area contributed by atoms with Gasteiger partial charge in [0, 0.05) is 25.3 Å². The van der Waals surface area contributed by atoms with Crippen LogP contribution >= 0.6 is 23.2 Å². The monoisotopic (exact) mass is 462 g/mol. The van der Waals surface area contributed by atoms with Gasteiger partial charge >= 0.3 is 6.18 Å². The highest BCUT2D eigenvalue weighted by atomic mass is 35.5. The average Bonchev–Trinajstić information content (AvgIpc) is 3.23. The van der Waals surface area contributed by atoms with Gasteiger partial charge in [-0.15, -0.1) is 10.2 Å². The molecule has 0 N–H and O–H groups in total. The summed E-state index contributed by atoms with van der Waals surface area (Å²) in [7, 11) is 0. The third-order valence-corrected chi connectivity index (χ3v) is 5.96. The van der Waals surface area contributed by atoms with Crippen LogP contribution in [0.3, 0.4) is 0 Å². The van der Waals surface area contributed by atoms with Gasteiger partial charge in [0.1, 0.15) is 0 Å². The first-order valence-corrected chi connectivity index (χ1v) is 10.2. The maximum atomic E-state index is 13.2. The second-order valence-electron chi connectivity index (χ2n) is 7.34. The van der Waals surface area contributed by atoms with Crippen LogP contribution in [0.4, 0.5) is 13.2 Å². The Bertz CT molecular complexity index is 1070. The number of aromatic nitrogens is 6. The summed E-state index contributed by atoms with van der Waals surface area (Å²) in [6.45, 7) is 4.41. The fraction of sp³-hybridized carbons (Fsp3) is 0.556. The van der Waals surface area contributed by atoms with Crippen LogP contribution in [0.5, 0.6) is 0 Å². The lowest BCUT2D eigenvalue weighted by Gasteiger charge is -2.05. The number of alkyl halides is 3. The van der Waals surface area contributed by atoms with E-state index in [-0.39, 0.29) is 23.9 Å². The van der Waals surface area contributed by atoms with Crippen molar-refractivity contribution in [3.8, 4) is 0 Å². The van der Waals surface area contributed by atoms with Crippen LogP contribution < -0.4 is 0 Å². The van der Waals surface area contributed by atoms with Gasteiger partial charge in [-0.3, -0.25) is 9.36 Å². The molecule has 7 nitrogen and oxygen atoms in total. The molecule has 0 spiro atoms. The van der Waals surface area contributed by atoms with Gasteiger partial charge < -0.3 is 4.42 Å². The van der Waals surface area contributed by atoms with Crippen molar-refractivity contribution in [2.24, 2.45) is 0 Å². The summed E-state index contributed by atoms with van der Waals surface area (Å²) in [6.07, 6.45) is -2.25. The van der Waals surface area contributed by atoms with Crippen LogP contribution in [0.2, 0.25) is 10.0 Å². The van der Waals surface area contributed by atoms with Crippen molar-refractivity contribution in [1.82, 2.24) is 29.8 Å². The first kappa shape index (κ1) is 21.2. The van der Waals surface area contributed by atoms with Gasteiger partial charge in [-0.05, 0) is 26.7 Å². The molecule has 12 heteroatoms. The molecule has 1 aliphatic rings. The first-order chi connectivity index (χ1) is 14.1. The van der Waals surface area contributed by atoms with Crippen LogP contribution in [0.1, 0.15) is 53.3 Å². The van der Waals surface area contributed by atoms with Crippen molar-refractivity contribution in [1.29, 1.82) is 0 Å². The minimum absolute atomic E-state index is 0.0203. The van der Waals surface area contributed by atoms with E-state index in [1.807, 2.05) is 13.8 Å². The van der Waals surface area contributed by atoms with E-state index in [4.69, 9.17) is 27.6 Å². The molecular weight excluding hydrogens is 444 g/mol. The van der Waals surface area contributed by atoms with E-state index in [1.54, 1.807) is 4.68 Å². The maximum Gasteiger partial charge on any atom is 0.436 e. The highest BCUT2D eigenvalue weighted by Crippen LogP contribution is 2.46. The molecule has 0 radical (unpaired) electrons. The molecule has 0 aromatic carbocycles. The first-order valence-electron chi connectivity index (χ1n) is 9.49. The van der Waals surface area contributed by atoms with E-state index in [1.165, 1.54) is 4.68 Å². The molecule has 4 rings (SSSR count). The summed E-state index contributed by atoms with van der Waals surface area (Å²) in [5.41, 5.74) is 1.01. The SMILES string of the molecule is Cc1nn(CCc2nnc(CCn3nc(C(F)(F)F)c(Cl)c3C3CC3)o2)c(C)c1Cl. The minimum atomic E-state index is -4.59. The molecular formula is C18H19Cl2F3N6O. The van der Waals surface area contributed by atoms with E-state index >= 15 is 0 Å². The van der Waals surface area contributed by atoms with Gasteiger partial charge in [0.2, 0.25) is 11.8 Å². The number of aryl methyl sites for hydroxylation is 5. The number of halogens is 5. The molecule has 162 valence electrons. The zero-order chi connectivity index (χ0) is 21.6. The minimum Gasteiger partial charge on any atom is -0.425 e. The van der Waals surface area contributed by atoms with Crippen LogP contribution in [0.25, 0.3) is 0 Å². The lowest BCUT2D eigenvalue weighted by molar-refractivity contribution is -0.141. The van der Waals surface area contributed by atoms with Crippen molar-refractivity contribution in [3.63, 3.8) is 0 Å². The molecule has 3 heterocycles. The summed E-state index contributed by atoms with van der Waals surface area (Å²) in [5, 5.41) is 16.4. The normalized spacial score (nSPS) is 14.6. The van der Waals surface area contributed by atoms with Crippen molar-refractivity contribution >= 4 is 23.2 Å². The van der Waals surface area contributed by atoms with Gasteiger partial charge in [0.15, 0.2) is 5.69 Å². The van der Waals surface area contributed by atoms with Crippen LogP contribution in [-0.4, -0.2) is 29.8 Å². The topological polar surface area (TPSA) is 74.6 Å². The van der Waals surface area contributed by atoms with Crippen LogP contribution in [-0.2, 0) is 32.1 Å². The lowest BCUT2D eigenvalue weighted by Crippen LogP contribution is -2.10. The molecule has 1 aliphatic carbocycles. The van der Waals surface area contributed by atoms with Gasteiger partial charge in [0.05, 0.1) is 33.7 Å². The summed E-state index contributed by atoms with van der Waals surface area (Å²) in [4.78, 5) is 0. The molecule has 0 bridgehead atoms. The fourth-order valence-corrected chi connectivity index (χ4v) is 3.87. The molecule has 0 saturated heterocycles. The molecule has 1 saturated carbocycles. The Kier molecular flexibility index (Phi) is 5.56. The Hall–Kier alpha value is -2.07. The number of hydrogen-bond acceptors (Lipinski definition) is 5. The largest absolute Gasteiger partial charge is 0.436 e. The van der Waals surface area contributed by atoms with Crippen molar-refractivity contribution in [2.75, 3.05) is 0 Å². The Morgan fingerprint density at radius 3 is 2.07 bits per heavy atom. The smallest absolute Gasteiger partial charge is 0.425 e. The van der Waals surface area contributed by atoms with E-state index in [0.717, 1.165) is 24.2 Å². The molecule has 1 fully saturated rings. The second-order valence-corrected chi connectivity index (χ2v) is 8.10. The highest BCUT2D eigenvalue weighted by molar-refractivity contribution is 6.32. The van der Waals surface area contributed by atoms with Crippen molar-refractivity contribution in [3.05, 3.63) is 44.6 Å². The zero-order valence-electron chi connectivity index (χ0n) is 16.3. The van der Waals surface area contributed by atoms with Gasteiger partial charge in [-0.2, -0.15) is 23.4 Å².